The Morgan fingerprint density at radius 2 is 1.93 bits per heavy atom. The van der Waals surface area contributed by atoms with Gasteiger partial charge < -0.3 is 15.0 Å². The summed E-state index contributed by atoms with van der Waals surface area (Å²) in [6.07, 6.45) is 1.85. The highest BCUT2D eigenvalue weighted by Crippen LogP contribution is 2.25. The normalized spacial score (nSPS) is 15.4. The second kappa shape index (κ2) is 11.1. The van der Waals surface area contributed by atoms with Crippen LogP contribution in [0.15, 0.2) is 23.1 Å². The van der Waals surface area contributed by atoms with Gasteiger partial charge in [0.1, 0.15) is 0 Å². The Morgan fingerprint density at radius 1 is 1.27 bits per heavy atom. The van der Waals surface area contributed by atoms with Crippen LogP contribution in [0.25, 0.3) is 0 Å². The van der Waals surface area contributed by atoms with Crippen LogP contribution in [0.4, 0.5) is 0 Å². The SMILES string of the molecule is COCCCNC(=O)C1CCN(C(=O)c2cc(S(=O)(=O)NC(C)C)ccc2Cl)CC1. The van der Waals surface area contributed by atoms with E-state index in [2.05, 4.69) is 10.0 Å². The van der Waals surface area contributed by atoms with Crippen molar-refractivity contribution >= 4 is 33.4 Å². The molecule has 0 unspecified atom stereocenters. The summed E-state index contributed by atoms with van der Waals surface area (Å²) in [4.78, 5) is 26.8. The van der Waals surface area contributed by atoms with Gasteiger partial charge in [0.25, 0.3) is 5.91 Å². The number of carbonyl (C=O) groups excluding carboxylic acids is 2. The molecule has 1 heterocycles. The molecule has 0 saturated carbocycles. The van der Waals surface area contributed by atoms with E-state index in [9.17, 15) is 18.0 Å². The van der Waals surface area contributed by atoms with Crippen molar-refractivity contribution < 1.29 is 22.7 Å². The third kappa shape index (κ3) is 6.66. The fourth-order valence-electron chi connectivity index (χ4n) is 3.30. The molecule has 0 atom stereocenters. The first-order chi connectivity index (χ1) is 14.2. The third-order valence-electron chi connectivity index (χ3n) is 4.85. The molecule has 1 fully saturated rings. The summed E-state index contributed by atoms with van der Waals surface area (Å²) in [5.74, 6) is -0.487. The van der Waals surface area contributed by atoms with Gasteiger partial charge in [0.2, 0.25) is 15.9 Å². The maximum Gasteiger partial charge on any atom is 0.255 e. The molecule has 0 aromatic heterocycles. The molecular formula is C20H30ClN3O5S. The first-order valence-corrected chi connectivity index (χ1v) is 11.9. The first kappa shape index (κ1) is 24.6. The van der Waals surface area contributed by atoms with Crippen LogP contribution in [0.1, 0.15) is 43.5 Å². The van der Waals surface area contributed by atoms with E-state index >= 15 is 0 Å². The second-order valence-corrected chi connectivity index (χ2v) is 9.74. The summed E-state index contributed by atoms with van der Waals surface area (Å²) in [5.41, 5.74) is 0.144. The highest BCUT2D eigenvalue weighted by Gasteiger charge is 2.29. The third-order valence-corrected chi connectivity index (χ3v) is 6.83. The summed E-state index contributed by atoms with van der Waals surface area (Å²) in [7, 11) is -2.12. The number of sulfonamides is 1. The van der Waals surface area contributed by atoms with Gasteiger partial charge in [0, 0.05) is 45.3 Å². The quantitative estimate of drug-likeness (QED) is 0.550. The Labute approximate surface area is 183 Å². The van der Waals surface area contributed by atoms with E-state index in [0.717, 1.165) is 6.42 Å². The summed E-state index contributed by atoms with van der Waals surface area (Å²) in [6.45, 7) is 5.41. The molecule has 1 aromatic carbocycles. The topological polar surface area (TPSA) is 105 Å². The predicted octanol–water partition coefficient (Wildman–Crippen LogP) is 2.03. The number of piperidine rings is 1. The number of amides is 2. The maximum atomic E-state index is 13.0. The molecule has 0 radical (unpaired) electrons. The Morgan fingerprint density at radius 3 is 2.53 bits per heavy atom. The van der Waals surface area contributed by atoms with Crippen molar-refractivity contribution in [3.63, 3.8) is 0 Å². The maximum absolute atomic E-state index is 13.0. The number of carbonyl (C=O) groups is 2. The van der Waals surface area contributed by atoms with Gasteiger partial charge >= 0.3 is 0 Å². The molecule has 1 aromatic rings. The van der Waals surface area contributed by atoms with E-state index in [-0.39, 0.29) is 39.3 Å². The average molecular weight is 460 g/mol. The fourth-order valence-corrected chi connectivity index (χ4v) is 4.78. The van der Waals surface area contributed by atoms with Crippen LogP contribution < -0.4 is 10.0 Å². The van der Waals surface area contributed by atoms with Gasteiger partial charge in [-0.3, -0.25) is 9.59 Å². The molecule has 8 nitrogen and oxygen atoms in total. The largest absolute Gasteiger partial charge is 0.385 e. The standard InChI is InChI=1S/C20H30ClN3O5S/c1-14(2)23-30(27,28)16-5-6-18(21)17(13-16)20(26)24-10-7-15(8-11-24)19(25)22-9-4-12-29-3/h5-6,13-15,23H,4,7-12H2,1-3H3,(H,22,25). The minimum atomic E-state index is -3.74. The average Bonchev–Trinajstić information content (AvgIpc) is 2.70. The Balaban J connectivity index is 2.01. The lowest BCUT2D eigenvalue weighted by atomic mass is 9.95. The van der Waals surface area contributed by atoms with Crippen LogP contribution in [-0.4, -0.2) is 64.5 Å². The van der Waals surface area contributed by atoms with E-state index in [4.69, 9.17) is 16.3 Å². The highest BCUT2D eigenvalue weighted by atomic mass is 35.5. The highest BCUT2D eigenvalue weighted by molar-refractivity contribution is 7.89. The molecule has 2 amide bonds. The van der Waals surface area contributed by atoms with Crippen molar-refractivity contribution in [2.75, 3.05) is 33.4 Å². The van der Waals surface area contributed by atoms with E-state index in [0.29, 0.717) is 39.1 Å². The van der Waals surface area contributed by atoms with Crippen LogP contribution in [0.3, 0.4) is 0 Å². The molecule has 168 valence electrons. The van der Waals surface area contributed by atoms with Crippen molar-refractivity contribution in [3.05, 3.63) is 28.8 Å². The van der Waals surface area contributed by atoms with E-state index in [1.54, 1.807) is 25.9 Å². The van der Waals surface area contributed by atoms with Crippen molar-refractivity contribution in [2.45, 2.75) is 44.0 Å². The van der Waals surface area contributed by atoms with Gasteiger partial charge in [0.15, 0.2) is 0 Å². The Bertz CT molecular complexity index is 852. The van der Waals surface area contributed by atoms with E-state index in [1.165, 1.54) is 18.2 Å². The molecule has 1 aliphatic heterocycles. The molecule has 30 heavy (non-hydrogen) atoms. The number of ether oxygens (including phenoxy) is 1. The molecular weight excluding hydrogens is 430 g/mol. The first-order valence-electron chi connectivity index (χ1n) is 10.0. The smallest absolute Gasteiger partial charge is 0.255 e. The minimum absolute atomic E-state index is 0.00530. The molecule has 1 saturated heterocycles. The summed E-state index contributed by atoms with van der Waals surface area (Å²) >= 11 is 6.19. The number of hydrogen-bond acceptors (Lipinski definition) is 5. The molecule has 1 aliphatic rings. The fraction of sp³-hybridized carbons (Fsp3) is 0.600. The van der Waals surface area contributed by atoms with Crippen molar-refractivity contribution in [2.24, 2.45) is 5.92 Å². The number of methoxy groups -OCH3 is 1. The van der Waals surface area contributed by atoms with Gasteiger partial charge in [-0.25, -0.2) is 13.1 Å². The zero-order valence-corrected chi connectivity index (χ0v) is 19.2. The second-order valence-electron chi connectivity index (χ2n) is 7.62. The minimum Gasteiger partial charge on any atom is -0.385 e. The van der Waals surface area contributed by atoms with Crippen LogP contribution in [0.5, 0.6) is 0 Å². The van der Waals surface area contributed by atoms with Crippen LogP contribution >= 0.6 is 11.6 Å². The van der Waals surface area contributed by atoms with Crippen molar-refractivity contribution in [1.29, 1.82) is 0 Å². The van der Waals surface area contributed by atoms with Crippen LogP contribution in [0.2, 0.25) is 5.02 Å². The van der Waals surface area contributed by atoms with Gasteiger partial charge in [-0.15, -0.1) is 0 Å². The number of nitrogens with one attached hydrogen (secondary N) is 2. The molecule has 0 bridgehead atoms. The molecule has 0 spiro atoms. The van der Waals surface area contributed by atoms with E-state index in [1.807, 2.05) is 0 Å². The van der Waals surface area contributed by atoms with E-state index < -0.39 is 10.0 Å². The molecule has 0 aliphatic carbocycles. The van der Waals surface area contributed by atoms with Crippen molar-refractivity contribution in [1.82, 2.24) is 14.9 Å². The van der Waals surface area contributed by atoms with Crippen LogP contribution in [-0.2, 0) is 19.6 Å². The molecule has 2 N–H and O–H groups in total. The van der Waals surface area contributed by atoms with Gasteiger partial charge in [0.05, 0.1) is 15.5 Å². The zero-order valence-electron chi connectivity index (χ0n) is 17.6. The number of likely N-dealkylation sites (tertiary alicyclic amines) is 1. The van der Waals surface area contributed by atoms with Crippen LogP contribution in [0, 0.1) is 5.92 Å². The lowest BCUT2D eigenvalue weighted by molar-refractivity contribution is -0.126. The summed E-state index contributed by atoms with van der Waals surface area (Å²) in [5, 5.41) is 3.09. The number of rotatable bonds is 9. The number of hydrogen-bond donors (Lipinski definition) is 2. The lowest BCUT2D eigenvalue weighted by Gasteiger charge is -2.31. The lowest BCUT2D eigenvalue weighted by Crippen LogP contribution is -2.43. The monoisotopic (exact) mass is 459 g/mol. The molecule has 10 heteroatoms. The number of nitrogens with zero attached hydrogens (tertiary/aromatic N) is 1. The van der Waals surface area contributed by atoms with Gasteiger partial charge in [-0.2, -0.15) is 0 Å². The van der Waals surface area contributed by atoms with Gasteiger partial charge in [-0.1, -0.05) is 11.6 Å². The Kier molecular flexibility index (Phi) is 9.09. The summed E-state index contributed by atoms with van der Waals surface area (Å²) < 4.78 is 32.3. The van der Waals surface area contributed by atoms with Gasteiger partial charge in [-0.05, 0) is 51.3 Å². The summed E-state index contributed by atoms with van der Waals surface area (Å²) in [6, 6.07) is 3.84. The number of halogens is 1. The molecule has 2 rings (SSSR count). The van der Waals surface area contributed by atoms with Crippen molar-refractivity contribution in [3.8, 4) is 0 Å². The zero-order chi connectivity index (χ0) is 22.3. The predicted molar refractivity (Wildman–Crippen MR) is 115 cm³/mol. The Hall–Kier alpha value is -1.68. The number of benzene rings is 1.